The van der Waals surface area contributed by atoms with Crippen LogP contribution in [-0.2, 0) is 9.53 Å². The Labute approximate surface area is 152 Å². The number of H-pyrrole nitrogens is 1. The Hall–Kier alpha value is -2.88. The van der Waals surface area contributed by atoms with Crippen LogP contribution in [0, 0.1) is 5.82 Å². The average molecular weight is 380 g/mol. The number of carbonyl (C=O) groups is 2. The Kier molecular flexibility index (Phi) is 6.34. The number of halogens is 1. The number of nitrogens with one attached hydrogen (secondary N) is 2. The third kappa shape index (κ3) is 4.39. The van der Waals surface area contributed by atoms with E-state index in [0.29, 0.717) is 6.42 Å². The van der Waals surface area contributed by atoms with Gasteiger partial charge in [-0.05, 0) is 18.6 Å². The molecule has 0 radical (unpaired) electrons. The number of aromatic nitrogens is 2. The lowest BCUT2D eigenvalue weighted by atomic mass is 10.2. The lowest BCUT2D eigenvalue weighted by Crippen LogP contribution is -2.24. The van der Waals surface area contributed by atoms with Crippen molar-refractivity contribution in [3.05, 3.63) is 46.0 Å². The molecule has 0 saturated heterocycles. The average Bonchev–Trinajstić information content (AvgIpc) is 2.62. The highest BCUT2D eigenvalue weighted by atomic mass is 32.2. The fraction of sp³-hybridized carbons (Fsp3) is 0.250. The van der Waals surface area contributed by atoms with E-state index in [2.05, 4.69) is 20.0 Å². The molecule has 8 nitrogen and oxygen atoms in total. The largest absolute Gasteiger partial charge is 0.468 e. The molecule has 138 valence electrons. The summed E-state index contributed by atoms with van der Waals surface area (Å²) in [5.74, 6) is -2.27. The molecule has 1 aromatic carbocycles. The van der Waals surface area contributed by atoms with Gasteiger partial charge in [-0.1, -0.05) is 30.8 Å². The zero-order valence-electron chi connectivity index (χ0n) is 14.0. The molecule has 4 N–H and O–H groups in total. The van der Waals surface area contributed by atoms with Crippen molar-refractivity contribution in [2.75, 3.05) is 18.2 Å². The van der Waals surface area contributed by atoms with Crippen LogP contribution in [0.1, 0.15) is 23.7 Å². The van der Waals surface area contributed by atoms with Crippen molar-refractivity contribution in [2.45, 2.75) is 23.8 Å². The number of ether oxygens (including phenoxy) is 1. The number of hydrogen-bond donors (Lipinski definition) is 3. The van der Waals surface area contributed by atoms with Gasteiger partial charge in [0, 0.05) is 0 Å². The third-order valence-electron chi connectivity index (χ3n) is 3.37. The van der Waals surface area contributed by atoms with E-state index in [-0.39, 0.29) is 22.2 Å². The first kappa shape index (κ1) is 19.4. The smallest absolute Gasteiger partial charge is 0.319 e. The van der Waals surface area contributed by atoms with Crippen LogP contribution < -0.4 is 16.6 Å². The molecule has 0 spiro atoms. The molecule has 26 heavy (non-hydrogen) atoms. The Balaban J connectivity index is 2.24. The van der Waals surface area contributed by atoms with Gasteiger partial charge in [-0.25, -0.2) is 9.37 Å². The van der Waals surface area contributed by atoms with E-state index in [9.17, 15) is 18.8 Å². The highest BCUT2D eigenvalue weighted by Gasteiger charge is 2.22. The second-order valence-corrected chi connectivity index (χ2v) is 6.29. The highest BCUT2D eigenvalue weighted by Crippen LogP contribution is 2.24. The van der Waals surface area contributed by atoms with E-state index >= 15 is 0 Å². The summed E-state index contributed by atoms with van der Waals surface area (Å²) in [4.78, 5) is 42.4. The summed E-state index contributed by atoms with van der Waals surface area (Å²) in [6, 6.07) is 5.32. The molecular weight excluding hydrogens is 363 g/mol. The molecule has 1 amide bonds. The normalized spacial score (nSPS) is 11.7. The number of nitrogens with two attached hydrogens (primary N) is 1. The molecule has 0 fully saturated rings. The van der Waals surface area contributed by atoms with Crippen LogP contribution in [0.2, 0.25) is 0 Å². The number of hydrogen-bond acceptors (Lipinski definition) is 7. The quantitative estimate of drug-likeness (QED) is 0.396. The number of methoxy groups -OCH3 is 1. The summed E-state index contributed by atoms with van der Waals surface area (Å²) >= 11 is 0.982. The summed E-state index contributed by atoms with van der Waals surface area (Å²) in [5, 5.41) is 1.79. The van der Waals surface area contributed by atoms with E-state index in [1.807, 2.05) is 0 Å². The molecule has 10 heteroatoms. The van der Waals surface area contributed by atoms with E-state index in [4.69, 9.17) is 5.73 Å². The van der Waals surface area contributed by atoms with Crippen LogP contribution >= 0.6 is 11.8 Å². The van der Waals surface area contributed by atoms with Crippen molar-refractivity contribution < 1.29 is 18.7 Å². The van der Waals surface area contributed by atoms with Crippen LogP contribution in [-0.4, -0.2) is 34.2 Å². The van der Waals surface area contributed by atoms with Crippen molar-refractivity contribution >= 4 is 35.1 Å². The standard InChI is InChI=1S/C16H17FN4O4S/c1-3-10(15(24)25-2)26-16-20-12(18)11(14(23)21-16)19-13(22)8-6-4-5-7-9(8)17/h4-7,10H,3H2,1-2H3,(H,19,22)(H3,18,20,21,23)/t10-/m0/s1. The number of nitrogen functional groups attached to an aromatic ring is 1. The molecule has 0 aliphatic carbocycles. The second-order valence-electron chi connectivity index (χ2n) is 5.10. The van der Waals surface area contributed by atoms with Crippen molar-refractivity contribution in [3.8, 4) is 0 Å². The molecule has 0 saturated carbocycles. The van der Waals surface area contributed by atoms with Gasteiger partial charge in [0.2, 0.25) is 0 Å². The van der Waals surface area contributed by atoms with E-state index in [1.165, 1.54) is 25.3 Å². The van der Waals surface area contributed by atoms with Gasteiger partial charge >= 0.3 is 5.97 Å². The van der Waals surface area contributed by atoms with Crippen LogP contribution in [0.15, 0.2) is 34.2 Å². The first-order chi connectivity index (χ1) is 12.4. The SMILES string of the molecule is CC[C@H](Sc1nc(N)c(NC(=O)c2ccccc2F)c(=O)[nH]1)C(=O)OC. The monoisotopic (exact) mass is 380 g/mol. The van der Waals surface area contributed by atoms with Crippen molar-refractivity contribution in [3.63, 3.8) is 0 Å². The zero-order valence-corrected chi connectivity index (χ0v) is 14.9. The van der Waals surface area contributed by atoms with Gasteiger partial charge in [0.1, 0.15) is 16.8 Å². The Bertz CT molecular complexity index is 887. The first-order valence-corrected chi connectivity index (χ1v) is 8.45. The summed E-state index contributed by atoms with van der Waals surface area (Å²) in [7, 11) is 1.26. The predicted molar refractivity (Wildman–Crippen MR) is 95.6 cm³/mol. The summed E-state index contributed by atoms with van der Waals surface area (Å²) < 4.78 is 18.3. The van der Waals surface area contributed by atoms with Gasteiger partial charge in [-0.15, -0.1) is 0 Å². The Morgan fingerprint density at radius 3 is 2.69 bits per heavy atom. The maximum Gasteiger partial charge on any atom is 0.319 e. The zero-order chi connectivity index (χ0) is 19.3. The molecule has 0 bridgehead atoms. The van der Waals surface area contributed by atoms with Crippen LogP contribution in [0.4, 0.5) is 15.9 Å². The molecule has 1 heterocycles. The minimum atomic E-state index is -0.830. The molecule has 2 rings (SSSR count). The molecule has 1 atom stereocenters. The number of rotatable bonds is 6. The number of carbonyl (C=O) groups excluding carboxylic acids is 2. The van der Waals surface area contributed by atoms with Crippen molar-refractivity contribution in [2.24, 2.45) is 0 Å². The minimum Gasteiger partial charge on any atom is -0.468 e. The van der Waals surface area contributed by atoms with Crippen molar-refractivity contribution in [1.29, 1.82) is 0 Å². The van der Waals surface area contributed by atoms with E-state index < -0.39 is 28.5 Å². The molecule has 1 aromatic heterocycles. The predicted octanol–water partition coefficient (Wildman–Crippen LogP) is 1.79. The second kappa shape index (κ2) is 8.48. The van der Waals surface area contributed by atoms with Gasteiger partial charge < -0.3 is 15.8 Å². The topological polar surface area (TPSA) is 127 Å². The van der Waals surface area contributed by atoms with Crippen LogP contribution in [0.3, 0.4) is 0 Å². The number of anilines is 2. The maximum absolute atomic E-state index is 13.7. The summed E-state index contributed by atoms with van der Waals surface area (Å²) in [6.07, 6.45) is 0.451. The van der Waals surface area contributed by atoms with Gasteiger partial charge in [0.25, 0.3) is 11.5 Å². The number of amides is 1. The molecular formula is C16H17FN4O4S. The lowest BCUT2D eigenvalue weighted by Gasteiger charge is -2.12. The number of benzene rings is 1. The Morgan fingerprint density at radius 1 is 1.42 bits per heavy atom. The summed E-state index contributed by atoms with van der Waals surface area (Å²) in [6.45, 7) is 1.78. The van der Waals surface area contributed by atoms with Gasteiger partial charge in [-0.2, -0.15) is 0 Å². The maximum atomic E-state index is 13.7. The lowest BCUT2D eigenvalue weighted by molar-refractivity contribution is -0.140. The van der Waals surface area contributed by atoms with Gasteiger partial charge in [0.15, 0.2) is 11.0 Å². The van der Waals surface area contributed by atoms with Crippen molar-refractivity contribution in [1.82, 2.24) is 9.97 Å². The Morgan fingerprint density at radius 2 is 2.12 bits per heavy atom. The molecule has 0 unspecified atom stereocenters. The van der Waals surface area contributed by atoms with Gasteiger partial charge in [-0.3, -0.25) is 19.4 Å². The van der Waals surface area contributed by atoms with Crippen LogP contribution in [0.5, 0.6) is 0 Å². The fourth-order valence-corrected chi connectivity index (χ4v) is 2.97. The minimum absolute atomic E-state index is 0.105. The van der Waals surface area contributed by atoms with Gasteiger partial charge in [0.05, 0.1) is 12.7 Å². The number of thioether (sulfide) groups is 1. The van der Waals surface area contributed by atoms with E-state index in [1.54, 1.807) is 6.92 Å². The molecule has 0 aliphatic rings. The van der Waals surface area contributed by atoms with Crippen LogP contribution in [0.25, 0.3) is 0 Å². The highest BCUT2D eigenvalue weighted by molar-refractivity contribution is 8.00. The number of nitrogens with zero attached hydrogens (tertiary/aromatic N) is 1. The molecule has 2 aromatic rings. The molecule has 0 aliphatic heterocycles. The number of esters is 1. The van der Waals surface area contributed by atoms with E-state index in [0.717, 1.165) is 17.8 Å². The number of aromatic amines is 1. The summed E-state index contributed by atoms with van der Waals surface area (Å²) in [5.41, 5.74) is 4.49. The fourth-order valence-electron chi connectivity index (χ4n) is 2.04. The third-order valence-corrected chi connectivity index (χ3v) is 4.60. The first-order valence-electron chi connectivity index (χ1n) is 7.57.